The van der Waals surface area contributed by atoms with Gasteiger partial charge in [-0.05, 0) is 64.0 Å². The van der Waals surface area contributed by atoms with E-state index in [0.717, 1.165) is 104 Å². The van der Waals surface area contributed by atoms with Gasteiger partial charge in [-0.15, -0.1) is 0 Å². The second kappa shape index (κ2) is 22.6. The molecule has 3 aliphatic rings. The third-order valence-corrected chi connectivity index (χ3v) is 11.7. The number of hydrogen-bond donors (Lipinski definition) is 8. The monoisotopic (exact) mass is 810 g/mol. The first-order valence-corrected chi connectivity index (χ1v) is 21.5. The lowest BCUT2D eigenvalue weighted by molar-refractivity contribution is -0.122. The van der Waals surface area contributed by atoms with Crippen molar-refractivity contribution in [1.82, 2.24) is 30.2 Å². The first kappa shape index (κ1) is 43.9. The number of benzene rings is 2. The van der Waals surface area contributed by atoms with Crippen LogP contribution in [0.2, 0.25) is 0 Å². The molecule has 14 nitrogen and oxygen atoms in total. The maximum Gasteiger partial charge on any atom is 0.237 e. The molecule has 56 heavy (non-hydrogen) atoms. The first-order chi connectivity index (χ1) is 27.2. The van der Waals surface area contributed by atoms with Crippen LogP contribution in [0.5, 0.6) is 0 Å². The summed E-state index contributed by atoms with van der Waals surface area (Å²) in [5, 5.41) is 12.7. The Morgan fingerprint density at radius 1 is 0.554 bits per heavy atom. The van der Waals surface area contributed by atoms with E-state index < -0.39 is 12.1 Å². The van der Waals surface area contributed by atoms with Crippen LogP contribution >= 0.6 is 25.3 Å². The van der Waals surface area contributed by atoms with Crippen LogP contribution in [0.15, 0.2) is 36.4 Å². The number of ketones is 2. The van der Waals surface area contributed by atoms with Gasteiger partial charge in [0.2, 0.25) is 11.8 Å². The van der Waals surface area contributed by atoms with Gasteiger partial charge in [0.1, 0.15) is 0 Å². The van der Waals surface area contributed by atoms with E-state index in [0.29, 0.717) is 71.3 Å². The molecule has 0 bridgehead atoms. The molecule has 2 fully saturated rings. The molecule has 2 aromatic carbocycles. The summed E-state index contributed by atoms with van der Waals surface area (Å²) >= 11 is 8.15. The molecule has 308 valence electrons. The third kappa shape index (κ3) is 12.4. The van der Waals surface area contributed by atoms with E-state index in [9.17, 15) is 19.2 Å². The molecule has 0 saturated carbocycles. The molecule has 1 aliphatic carbocycles. The molecule has 2 unspecified atom stereocenters. The van der Waals surface area contributed by atoms with Crippen molar-refractivity contribution in [2.24, 2.45) is 11.5 Å². The van der Waals surface area contributed by atoms with Crippen molar-refractivity contribution < 1.29 is 19.2 Å². The molecule has 2 saturated heterocycles. The molecule has 0 aromatic heterocycles. The number of carbonyl (C=O) groups excluding carboxylic acids is 4. The van der Waals surface area contributed by atoms with Crippen molar-refractivity contribution in [3.63, 3.8) is 0 Å². The Bertz CT molecular complexity index is 1500. The Kier molecular flexibility index (Phi) is 17.8. The lowest BCUT2D eigenvalue weighted by Crippen LogP contribution is -2.47. The molecule has 5 rings (SSSR count). The molecular weight excluding hydrogens is 749 g/mol. The van der Waals surface area contributed by atoms with Crippen LogP contribution in [-0.2, 0) is 9.59 Å². The zero-order valence-electron chi connectivity index (χ0n) is 32.6. The second-order valence-corrected chi connectivity index (χ2v) is 15.6. The summed E-state index contributed by atoms with van der Waals surface area (Å²) in [6.07, 6.45) is 3.61. The quantitative estimate of drug-likeness (QED) is 0.0530. The van der Waals surface area contributed by atoms with Crippen LogP contribution in [0.3, 0.4) is 0 Å². The molecule has 8 N–H and O–H groups in total. The maximum absolute atomic E-state index is 13.9. The molecule has 2 amide bonds. The minimum Gasteiger partial charge on any atom is -0.384 e. The summed E-state index contributed by atoms with van der Waals surface area (Å²) in [6.45, 7) is 14.4. The van der Waals surface area contributed by atoms with Crippen LogP contribution in [0.4, 0.5) is 11.4 Å². The van der Waals surface area contributed by atoms with Gasteiger partial charge in [-0.25, -0.2) is 0 Å². The summed E-state index contributed by atoms with van der Waals surface area (Å²) in [6, 6.07) is 9.90. The molecule has 2 aliphatic heterocycles. The molecule has 0 radical (unpaired) electrons. The van der Waals surface area contributed by atoms with Gasteiger partial charge >= 0.3 is 0 Å². The van der Waals surface area contributed by atoms with Gasteiger partial charge in [-0.2, -0.15) is 25.3 Å². The van der Waals surface area contributed by atoms with E-state index >= 15 is 0 Å². The van der Waals surface area contributed by atoms with Crippen molar-refractivity contribution in [2.45, 2.75) is 37.8 Å². The minimum atomic E-state index is -0.559. The van der Waals surface area contributed by atoms with Crippen LogP contribution in [-0.4, -0.2) is 171 Å². The molecule has 0 spiro atoms. The summed E-state index contributed by atoms with van der Waals surface area (Å²) in [5.74, 6) is 0.140. The van der Waals surface area contributed by atoms with Crippen molar-refractivity contribution in [3.05, 3.63) is 58.7 Å². The zero-order chi connectivity index (χ0) is 39.9. The van der Waals surface area contributed by atoms with Crippen molar-refractivity contribution in [3.8, 4) is 0 Å². The Hall–Kier alpha value is -3.22. The summed E-state index contributed by atoms with van der Waals surface area (Å²) in [5.41, 5.74) is 14.6. The molecule has 2 atom stereocenters. The van der Waals surface area contributed by atoms with Gasteiger partial charge in [0.15, 0.2) is 11.6 Å². The van der Waals surface area contributed by atoms with Crippen molar-refractivity contribution >= 4 is 60.0 Å². The molecule has 2 aromatic rings. The average Bonchev–Trinajstić information content (AvgIpc) is 3.23. The predicted octanol–water partition coefficient (Wildman–Crippen LogP) is 0.828. The van der Waals surface area contributed by atoms with Gasteiger partial charge in [-0.1, -0.05) is 24.3 Å². The Morgan fingerprint density at radius 2 is 0.875 bits per heavy atom. The van der Waals surface area contributed by atoms with Crippen LogP contribution in [0.1, 0.15) is 57.5 Å². The Balaban J connectivity index is 1.00. The highest BCUT2D eigenvalue weighted by Crippen LogP contribution is 2.35. The van der Waals surface area contributed by atoms with E-state index in [1.54, 1.807) is 12.1 Å². The fourth-order valence-corrected chi connectivity index (χ4v) is 7.85. The highest BCUT2D eigenvalue weighted by Gasteiger charge is 2.33. The number of nitrogens with zero attached hydrogens (tertiary/aromatic N) is 4. The number of piperazine rings is 2. The summed E-state index contributed by atoms with van der Waals surface area (Å²) in [4.78, 5) is 61.3. The number of fused-ring (bicyclic) bond motifs is 2. The highest BCUT2D eigenvalue weighted by atomic mass is 32.1. The SMILES string of the molecule is NC(CS)C(=O)NCCCN1CCN(CCCNc2cccc3c2C(=O)c2cccc(NCCCN4CCN(CCCNC(=O)C(N)CS)CC4)c2C3=O)CC1. The number of amides is 2. The zero-order valence-corrected chi connectivity index (χ0v) is 34.4. The Labute approximate surface area is 343 Å². The number of thiol groups is 2. The largest absolute Gasteiger partial charge is 0.384 e. The van der Waals surface area contributed by atoms with E-state index in [1.165, 1.54) is 0 Å². The van der Waals surface area contributed by atoms with E-state index in [-0.39, 0.29) is 23.4 Å². The number of hydrogen-bond acceptors (Lipinski definition) is 14. The van der Waals surface area contributed by atoms with E-state index in [1.807, 2.05) is 24.3 Å². The third-order valence-electron chi connectivity index (χ3n) is 10.9. The normalized spacial score (nSPS) is 17.9. The fourth-order valence-electron chi connectivity index (χ4n) is 7.52. The maximum atomic E-state index is 13.9. The summed E-state index contributed by atoms with van der Waals surface area (Å²) < 4.78 is 0. The second-order valence-electron chi connectivity index (χ2n) is 14.9. The fraction of sp³-hybridized carbons (Fsp3) is 0.600. The lowest BCUT2D eigenvalue weighted by atomic mass is 9.82. The number of anilines is 2. The first-order valence-electron chi connectivity index (χ1n) is 20.2. The number of rotatable bonds is 22. The topological polar surface area (TPSA) is 181 Å². The van der Waals surface area contributed by atoms with Gasteiger partial charge in [-0.3, -0.25) is 19.2 Å². The molecular formula is C40H62N10O4S2. The highest BCUT2D eigenvalue weighted by molar-refractivity contribution is 7.80. The predicted molar refractivity (Wildman–Crippen MR) is 231 cm³/mol. The number of nitrogens with one attached hydrogen (secondary N) is 4. The Morgan fingerprint density at radius 3 is 1.20 bits per heavy atom. The van der Waals surface area contributed by atoms with Gasteiger partial charge in [0.05, 0.1) is 23.2 Å². The smallest absolute Gasteiger partial charge is 0.237 e. The van der Waals surface area contributed by atoms with Crippen LogP contribution < -0.4 is 32.7 Å². The minimum absolute atomic E-state index is 0.122. The number of carbonyl (C=O) groups is 4. The lowest BCUT2D eigenvalue weighted by Gasteiger charge is -2.34. The van der Waals surface area contributed by atoms with Crippen LogP contribution in [0, 0.1) is 0 Å². The van der Waals surface area contributed by atoms with Gasteiger partial charge in [0.25, 0.3) is 0 Å². The van der Waals surface area contributed by atoms with E-state index in [4.69, 9.17) is 11.5 Å². The van der Waals surface area contributed by atoms with Gasteiger partial charge < -0.3 is 52.3 Å². The van der Waals surface area contributed by atoms with Gasteiger partial charge in [0, 0.05) is 113 Å². The van der Waals surface area contributed by atoms with E-state index in [2.05, 4.69) is 66.1 Å². The molecule has 2 heterocycles. The average molecular weight is 811 g/mol. The van der Waals surface area contributed by atoms with Crippen molar-refractivity contribution in [2.75, 3.05) is 127 Å². The molecule has 16 heteroatoms. The summed E-state index contributed by atoms with van der Waals surface area (Å²) in [7, 11) is 0. The van der Waals surface area contributed by atoms with Crippen LogP contribution in [0.25, 0.3) is 0 Å². The van der Waals surface area contributed by atoms with Crippen molar-refractivity contribution in [1.29, 1.82) is 0 Å². The number of nitrogens with two attached hydrogens (primary N) is 2. The standard InChI is InChI=1S/C40H62N10O4S2/c41-31(27-55)39(53)45-13-5-17-49-23-19-47(20-24-49)15-3-11-43-33-9-1-7-29-35(33)38(52)30-8-2-10-34(36(30)37(29)51)44-12-4-16-48-21-25-50(26-22-48)18-6-14-46-40(54)32(42)28-56/h1-2,7-10,31-32,43-44,55-56H,3-6,11-28,41-42H2,(H,45,53)(H,46,54).